The van der Waals surface area contributed by atoms with Crippen molar-refractivity contribution in [2.45, 2.75) is 20.3 Å². The highest BCUT2D eigenvalue weighted by Gasteiger charge is 2.19. The van der Waals surface area contributed by atoms with Crippen LogP contribution in [0.15, 0.2) is 24.3 Å². The number of aryl methyl sites for hydroxylation is 1. The van der Waals surface area contributed by atoms with E-state index in [9.17, 15) is 9.90 Å². The van der Waals surface area contributed by atoms with Gasteiger partial charge in [0.05, 0.1) is 12.7 Å². The molecule has 1 aliphatic rings. The first-order chi connectivity index (χ1) is 11.5. The average Bonchev–Trinajstić information content (AvgIpc) is 2.57. The standard InChI is InChI=1S/C19H20O5/c1-11-8-17-18(24-7-6-23-17)10-13(11)9-15(20)14-4-5-16(22-3)12(2)19(14)21/h4-5,8,10,21H,6-7,9H2,1-3H3. The second-order valence-corrected chi connectivity index (χ2v) is 5.81. The number of Topliss-reactive ketones (excluding diaryl/α,β-unsaturated/α-hetero) is 1. The molecule has 3 rings (SSSR count). The molecule has 24 heavy (non-hydrogen) atoms. The monoisotopic (exact) mass is 328 g/mol. The maximum Gasteiger partial charge on any atom is 0.170 e. The van der Waals surface area contributed by atoms with Crippen LogP contribution in [0.3, 0.4) is 0 Å². The summed E-state index contributed by atoms with van der Waals surface area (Å²) in [4.78, 5) is 12.6. The zero-order valence-electron chi connectivity index (χ0n) is 14.0. The highest BCUT2D eigenvalue weighted by atomic mass is 16.6. The van der Waals surface area contributed by atoms with Crippen LogP contribution in [0.5, 0.6) is 23.0 Å². The number of phenolic OH excluding ortho intramolecular Hbond substituents is 1. The van der Waals surface area contributed by atoms with Gasteiger partial charge in [-0.1, -0.05) is 0 Å². The summed E-state index contributed by atoms with van der Waals surface area (Å²) in [5.74, 6) is 1.73. The van der Waals surface area contributed by atoms with Gasteiger partial charge in [0, 0.05) is 12.0 Å². The Morgan fingerprint density at radius 3 is 2.50 bits per heavy atom. The molecule has 5 nitrogen and oxygen atoms in total. The molecule has 0 spiro atoms. The van der Waals surface area contributed by atoms with E-state index in [1.807, 2.05) is 19.1 Å². The molecule has 0 amide bonds. The molecule has 0 radical (unpaired) electrons. The maximum absolute atomic E-state index is 12.6. The number of carbonyl (C=O) groups is 1. The van der Waals surface area contributed by atoms with E-state index < -0.39 is 0 Å². The van der Waals surface area contributed by atoms with Gasteiger partial charge in [-0.15, -0.1) is 0 Å². The van der Waals surface area contributed by atoms with E-state index in [4.69, 9.17) is 14.2 Å². The van der Waals surface area contributed by atoms with E-state index >= 15 is 0 Å². The van der Waals surface area contributed by atoms with E-state index in [1.165, 1.54) is 7.11 Å². The lowest BCUT2D eigenvalue weighted by Crippen LogP contribution is -2.16. The van der Waals surface area contributed by atoms with E-state index in [-0.39, 0.29) is 18.0 Å². The minimum absolute atomic E-state index is 0.0328. The van der Waals surface area contributed by atoms with E-state index in [1.54, 1.807) is 19.1 Å². The molecular weight excluding hydrogens is 308 g/mol. The number of methoxy groups -OCH3 is 1. The van der Waals surface area contributed by atoms with Gasteiger partial charge in [-0.25, -0.2) is 0 Å². The molecule has 0 bridgehead atoms. The number of hydrogen-bond acceptors (Lipinski definition) is 5. The fraction of sp³-hybridized carbons (Fsp3) is 0.316. The molecule has 2 aromatic carbocycles. The van der Waals surface area contributed by atoms with Crippen molar-refractivity contribution in [1.82, 2.24) is 0 Å². The summed E-state index contributed by atoms with van der Waals surface area (Å²) in [7, 11) is 1.53. The number of rotatable bonds is 4. The molecule has 1 aliphatic heterocycles. The number of benzene rings is 2. The fourth-order valence-electron chi connectivity index (χ4n) is 2.82. The zero-order valence-corrected chi connectivity index (χ0v) is 14.0. The van der Waals surface area contributed by atoms with Crippen molar-refractivity contribution >= 4 is 5.78 Å². The third-order valence-electron chi connectivity index (χ3n) is 4.25. The molecule has 1 N–H and O–H groups in total. The fourth-order valence-corrected chi connectivity index (χ4v) is 2.82. The summed E-state index contributed by atoms with van der Waals surface area (Å²) in [5.41, 5.74) is 2.67. The number of phenols is 1. The Bertz CT molecular complexity index is 795. The summed E-state index contributed by atoms with van der Waals surface area (Å²) in [6, 6.07) is 7.02. The predicted octanol–water partition coefficient (Wildman–Crippen LogP) is 3.21. The molecule has 0 saturated heterocycles. The summed E-state index contributed by atoms with van der Waals surface area (Å²) in [6.07, 6.45) is 0.182. The van der Waals surface area contributed by atoms with Gasteiger partial charge in [0.25, 0.3) is 0 Å². The SMILES string of the molecule is COc1ccc(C(=O)Cc2cc3c(cc2C)OCCO3)c(O)c1C. The van der Waals surface area contributed by atoms with Crippen LogP contribution in [-0.2, 0) is 6.42 Å². The van der Waals surface area contributed by atoms with Crippen molar-refractivity contribution in [3.05, 3.63) is 46.5 Å². The largest absolute Gasteiger partial charge is 0.507 e. The molecule has 5 heteroatoms. The van der Waals surface area contributed by atoms with Crippen molar-refractivity contribution in [2.24, 2.45) is 0 Å². The Labute approximate surface area is 140 Å². The smallest absolute Gasteiger partial charge is 0.170 e. The normalized spacial score (nSPS) is 12.8. The lowest BCUT2D eigenvalue weighted by atomic mass is 9.97. The van der Waals surface area contributed by atoms with Gasteiger partial charge in [0.15, 0.2) is 17.3 Å². The third-order valence-corrected chi connectivity index (χ3v) is 4.25. The molecule has 0 atom stereocenters. The average molecular weight is 328 g/mol. The van der Waals surface area contributed by atoms with Crippen molar-refractivity contribution in [2.75, 3.05) is 20.3 Å². The number of ether oxygens (including phenoxy) is 3. The van der Waals surface area contributed by atoms with Gasteiger partial charge in [-0.3, -0.25) is 4.79 Å². The zero-order chi connectivity index (χ0) is 17.3. The van der Waals surface area contributed by atoms with Crippen LogP contribution in [0.1, 0.15) is 27.0 Å². The topological polar surface area (TPSA) is 65.0 Å². The lowest BCUT2D eigenvalue weighted by Gasteiger charge is -2.20. The Morgan fingerprint density at radius 2 is 1.83 bits per heavy atom. The van der Waals surface area contributed by atoms with Crippen molar-refractivity contribution in [1.29, 1.82) is 0 Å². The van der Waals surface area contributed by atoms with Crippen LogP contribution >= 0.6 is 0 Å². The van der Waals surface area contributed by atoms with E-state index in [0.29, 0.717) is 41.6 Å². The Balaban J connectivity index is 1.89. The quantitative estimate of drug-likeness (QED) is 0.873. The van der Waals surface area contributed by atoms with Crippen LogP contribution in [0.4, 0.5) is 0 Å². The van der Waals surface area contributed by atoms with Gasteiger partial charge in [0.2, 0.25) is 0 Å². The minimum Gasteiger partial charge on any atom is -0.507 e. The van der Waals surface area contributed by atoms with Gasteiger partial charge in [-0.05, 0) is 49.2 Å². The number of aromatic hydroxyl groups is 1. The molecule has 126 valence electrons. The summed E-state index contributed by atoms with van der Waals surface area (Å²) in [5, 5.41) is 10.3. The highest BCUT2D eigenvalue weighted by molar-refractivity contribution is 6.00. The first-order valence-corrected chi connectivity index (χ1v) is 7.80. The second-order valence-electron chi connectivity index (χ2n) is 5.81. The maximum atomic E-state index is 12.6. The molecular formula is C19H20O5. The van der Waals surface area contributed by atoms with E-state index in [2.05, 4.69) is 0 Å². The number of ketones is 1. The van der Waals surface area contributed by atoms with Gasteiger partial charge >= 0.3 is 0 Å². The van der Waals surface area contributed by atoms with Crippen LogP contribution < -0.4 is 14.2 Å². The summed E-state index contributed by atoms with van der Waals surface area (Å²) < 4.78 is 16.3. The van der Waals surface area contributed by atoms with Crippen LogP contribution in [0, 0.1) is 13.8 Å². The third kappa shape index (κ3) is 2.89. The predicted molar refractivity (Wildman–Crippen MR) is 89.6 cm³/mol. The molecule has 0 aliphatic carbocycles. The Hall–Kier alpha value is -2.69. The summed E-state index contributed by atoms with van der Waals surface area (Å²) in [6.45, 7) is 4.69. The Kier molecular flexibility index (Phi) is 4.34. The van der Waals surface area contributed by atoms with Crippen molar-refractivity contribution in [3.63, 3.8) is 0 Å². The molecule has 2 aromatic rings. The molecule has 0 saturated carbocycles. The first-order valence-electron chi connectivity index (χ1n) is 7.80. The first kappa shape index (κ1) is 16.2. The van der Waals surface area contributed by atoms with Crippen LogP contribution in [0.2, 0.25) is 0 Å². The van der Waals surface area contributed by atoms with Crippen LogP contribution in [0.25, 0.3) is 0 Å². The number of carbonyl (C=O) groups excluding carboxylic acids is 1. The Morgan fingerprint density at radius 1 is 1.17 bits per heavy atom. The van der Waals surface area contributed by atoms with E-state index in [0.717, 1.165) is 11.1 Å². The number of fused-ring (bicyclic) bond motifs is 1. The second kappa shape index (κ2) is 6.43. The van der Waals surface area contributed by atoms with Gasteiger partial charge in [0.1, 0.15) is 24.7 Å². The van der Waals surface area contributed by atoms with Gasteiger partial charge < -0.3 is 19.3 Å². The van der Waals surface area contributed by atoms with Crippen molar-refractivity contribution in [3.8, 4) is 23.0 Å². The minimum atomic E-state index is -0.155. The highest BCUT2D eigenvalue weighted by Crippen LogP contribution is 2.35. The van der Waals surface area contributed by atoms with Gasteiger partial charge in [-0.2, -0.15) is 0 Å². The lowest BCUT2D eigenvalue weighted by molar-refractivity contribution is 0.0989. The molecule has 1 heterocycles. The molecule has 0 unspecified atom stereocenters. The molecule has 0 fully saturated rings. The van der Waals surface area contributed by atoms with Crippen molar-refractivity contribution < 1.29 is 24.1 Å². The molecule has 0 aromatic heterocycles. The summed E-state index contributed by atoms with van der Waals surface area (Å²) >= 11 is 0. The number of hydrogen-bond donors (Lipinski definition) is 1. The van der Waals surface area contributed by atoms with Crippen LogP contribution in [-0.4, -0.2) is 31.2 Å².